The summed E-state index contributed by atoms with van der Waals surface area (Å²) in [7, 11) is 0. The van der Waals surface area contributed by atoms with E-state index in [2.05, 4.69) is 14.8 Å². The summed E-state index contributed by atoms with van der Waals surface area (Å²) in [4.78, 5) is 28.2. The summed E-state index contributed by atoms with van der Waals surface area (Å²) in [6.45, 7) is 4.88. The molecule has 2 aromatic rings. The number of benzene rings is 1. The number of amides is 2. The van der Waals surface area contributed by atoms with Gasteiger partial charge in [-0.05, 0) is 30.5 Å². The number of likely N-dealkylation sites (tertiary alicyclic amines) is 1. The van der Waals surface area contributed by atoms with Gasteiger partial charge >= 0.3 is 0 Å². The molecule has 4 rings (SSSR count). The van der Waals surface area contributed by atoms with E-state index in [1.165, 1.54) is 12.1 Å². The first-order chi connectivity index (χ1) is 14.0. The van der Waals surface area contributed by atoms with Crippen LogP contribution in [0, 0.1) is 5.82 Å². The van der Waals surface area contributed by atoms with Crippen molar-refractivity contribution in [3.8, 4) is 0 Å². The Balaban J connectivity index is 1.43. The lowest BCUT2D eigenvalue weighted by molar-refractivity contribution is -0.131. The fourth-order valence-electron chi connectivity index (χ4n) is 4.30. The van der Waals surface area contributed by atoms with Gasteiger partial charge in [0.05, 0.1) is 6.42 Å². The van der Waals surface area contributed by atoms with Gasteiger partial charge in [0, 0.05) is 52.0 Å². The van der Waals surface area contributed by atoms with E-state index in [1.54, 1.807) is 19.1 Å². The van der Waals surface area contributed by atoms with E-state index < -0.39 is 0 Å². The third-order valence-electron chi connectivity index (χ3n) is 5.88. The average molecular weight is 399 g/mol. The topological polar surface area (TPSA) is 71.3 Å². The van der Waals surface area contributed by atoms with Gasteiger partial charge in [0.15, 0.2) is 0 Å². The SMILES string of the molecule is CC(=O)N1CCC[C@@H](c2nnc3n2CCN(C(=O)Cc2cccc(F)c2)CC3)C1. The van der Waals surface area contributed by atoms with Crippen LogP contribution in [0.5, 0.6) is 0 Å². The normalized spacial score (nSPS) is 19.6. The fourth-order valence-corrected chi connectivity index (χ4v) is 4.30. The van der Waals surface area contributed by atoms with E-state index in [9.17, 15) is 14.0 Å². The molecule has 3 heterocycles. The largest absolute Gasteiger partial charge is 0.342 e. The fraction of sp³-hybridized carbons (Fsp3) is 0.524. The third kappa shape index (κ3) is 4.31. The minimum Gasteiger partial charge on any atom is -0.342 e. The number of carbonyl (C=O) groups is 2. The molecule has 1 saturated heterocycles. The van der Waals surface area contributed by atoms with Crippen molar-refractivity contribution in [2.75, 3.05) is 26.2 Å². The Bertz CT molecular complexity index is 912. The lowest BCUT2D eigenvalue weighted by Gasteiger charge is -2.31. The van der Waals surface area contributed by atoms with Gasteiger partial charge in [-0.1, -0.05) is 12.1 Å². The highest BCUT2D eigenvalue weighted by Gasteiger charge is 2.29. The number of hydrogen-bond donors (Lipinski definition) is 0. The van der Waals surface area contributed by atoms with Crippen LogP contribution in [0.4, 0.5) is 4.39 Å². The molecule has 8 heteroatoms. The van der Waals surface area contributed by atoms with Gasteiger partial charge in [-0.3, -0.25) is 9.59 Å². The Morgan fingerprint density at radius 1 is 1.14 bits per heavy atom. The number of aromatic nitrogens is 3. The average Bonchev–Trinajstić information content (AvgIpc) is 2.99. The monoisotopic (exact) mass is 399 g/mol. The summed E-state index contributed by atoms with van der Waals surface area (Å²) in [5.74, 6) is 1.76. The smallest absolute Gasteiger partial charge is 0.227 e. The maximum Gasteiger partial charge on any atom is 0.227 e. The van der Waals surface area contributed by atoms with Crippen molar-refractivity contribution in [2.45, 2.75) is 45.1 Å². The molecule has 0 unspecified atom stereocenters. The molecular weight excluding hydrogens is 373 g/mol. The molecule has 154 valence electrons. The number of carbonyl (C=O) groups excluding carboxylic acids is 2. The number of halogens is 1. The minimum atomic E-state index is -0.325. The second-order valence-electron chi connectivity index (χ2n) is 7.87. The molecule has 29 heavy (non-hydrogen) atoms. The molecule has 2 aliphatic rings. The number of fused-ring (bicyclic) bond motifs is 1. The molecule has 0 spiro atoms. The summed E-state index contributed by atoms with van der Waals surface area (Å²) < 4.78 is 15.5. The van der Waals surface area contributed by atoms with Crippen LogP contribution >= 0.6 is 0 Å². The van der Waals surface area contributed by atoms with Gasteiger partial charge < -0.3 is 14.4 Å². The van der Waals surface area contributed by atoms with Crippen molar-refractivity contribution >= 4 is 11.8 Å². The van der Waals surface area contributed by atoms with Gasteiger partial charge in [-0.2, -0.15) is 0 Å². The van der Waals surface area contributed by atoms with Crippen LogP contribution in [0.3, 0.4) is 0 Å². The summed E-state index contributed by atoms with van der Waals surface area (Å²) in [5, 5.41) is 8.81. The Hall–Kier alpha value is -2.77. The first-order valence-electron chi connectivity index (χ1n) is 10.2. The predicted molar refractivity (Wildman–Crippen MR) is 105 cm³/mol. The molecule has 1 aromatic heterocycles. The molecule has 0 bridgehead atoms. The van der Waals surface area contributed by atoms with E-state index in [4.69, 9.17) is 0 Å². The summed E-state index contributed by atoms with van der Waals surface area (Å²) in [6.07, 6.45) is 2.79. The van der Waals surface area contributed by atoms with Crippen LogP contribution in [0.15, 0.2) is 24.3 Å². The Kier molecular flexibility index (Phi) is 5.60. The van der Waals surface area contributed by atoms with Gasteiger partial charge in [0.1, 0.15) is 17.5 Å². The van der Waals surface area contributed by atoms with Gasteiger partial charge in [-0.15, -0.1) is 10.2 Å². The van der Waals surface area contributed by atoms with Crippen LogP contribution in [-0.4, -0.2) is 62.6 Å². The minimum absolute atomic E-state index is 0.00344. The second-order valence-corrected chi connectivity index (χ2v) is 7.87. The van der Waals surface area contributed by atoms with Crippen molar-refractivity contribution in [1.29, 1.82) is 0 Å². The third-order valence-corrected chi connectivity index (χ3v) is 5.88. The standard InChI is InChI=1S/C21H26FN5O2/c1-15(28)26-8-3-5-17(14-26)21-24-23-19-7-9-25(10-11-27(19)21)20(29)13-16-4-2-6-18(22)12-16/h2,4,6,12,17H,3,5,7-11,13-14H2,1H3/t17-/m1/s1. The van der Waals surface area contributed by atoms with E-state index in [0.717, 1.165) is 31.0 Å². The summed E-state index contributed by atoms with van der Waals surface area (Å²) in [6, 6.07) is 6.19. The quantitative estimate of drug-likeness (QED) is 0.789. The molecule has 2 aliphatic heterocycles. The maximum atomic E-state index is 13.4. The molecule has 0 N–H and O–H groups in total. The maximum absolute atomic E-state index is 13.4. The molecule has 1 atom stereocenters. The van der Waals surface area contributed by atoms with Crippen LogP contribution in [0.2, 0.25) is 0 Å². The van der Waals surface area contributed by atoms with Crippen molar-refractivity contribution in [2.24, 2.45) is 0 Å². The second kappa shape index (κ2) is 8.31. The molecule has 1 aromatic carbocycles. The highest BCUT2D eigenvalue weighted by molar-refractivity contribution is 5.78. The van der Waals surface area contributed by atoms with E-state index in [-0.39, 0.29) is 30.0 Å². The molecule has 0 saturated carbocycles. The zero-order valence-electron chi connectivity index (χ0n) is 16.7. The van der Waals surface area contributed by atoms with Crippen LogP contribution in [0.1, 0.15) is 42.9 Å². The predicted octanol–water partition coefficient (Wildman–Crippen LogP) is 1.77. The zero-order valence-corrected chi connectivity index (χ0v) is 16.7. The molecule has 0 aliphatic carbocycles. The Labute approximate surface area is 169 Å². The van der Waals surface area contributed by atoms with Gasteiger partial charge in [0.25, 0.3) is 0 Å². The number of piperidine rings is 1. The lowest BCUT2D eigenvalue weighted by atomic mass is 9.97. The Morgan fingerprint density at radius 2 is 2.00 bits per heavy atom. The van der Waals surface area contributed by atoms with Crippen molar-refractivity contribution in [1.82, 2.24) is 24.6 Å². The summed E-state index contributed by atoms with van der Waals surface area (Å²) >= 11 is 0. The highest BCUT2D eigenvalue weighted by Crippen LogP contribution is 2.27. The molecule has 2 amide bonds. The summed E-state index contributed by atoms with van der Waals surface area (Å²) in [5.41, 5.74) is 0.686. The van der Waals surface area contributed by atoms with Crippen LogP contribution in [-0.2, 0) is 29.0 Å². The van der Waals surface area contributed by atoms with E-state index in [1.807, 2.05) is 9.80 Å². The molecule has 7 nitrogen and oxygen atoms in total. The highest BCUT2D eigenvalue weighted by atomic mass is 19.1. The van der Waals surface area contributed by atoms with Crippen LogP contribution < -0.4 is 0 Å². The first kappa shape index (κ1) is 19.5. The molecular formula is C21H26FN5O2. The van der Waals surface area contributed by atoms with Gasteiger partial charge in [0.2, 0.25) is 11.8 Å². The number of nitrogens with zero attached hydrogens (tertiary/aromatic N) is 5. The van der Waals surface area contributed by atoms with Crippen molar-refractivity contribution in [3.05, 3.63) is 47.3 Å². The number of rotatable bonds is 3. The van der Waals surface area contributed by atoms with Gasteiger partial charge in [-0.25, -0.2) is 4.39 Å². The first-order valence-corrected chi connectivity index (χ1v) is 10.2. The Morgan fingerprint density at radius 3 is 2.79 bits per heavy atom. The molecule has 0 radical (unpaired) electrons. The van der Waals surface area contributed by atoms with Crippen molar-refractivity contribution < 1.29 is 14.0 Å². The zero-order chi connectivity index (χ0) is 20.4. The van der Waals surface area contributed by atoms with Crippen LogP contribution in [0.25, 0.3) is 0 Å². The molecule has 1 fully saturated rings. The lowest BCUT2D eigenvalue weighted by Crippen LogP contribution is -2.38. The number of hydrogen-bond acceptors (Lipinski definition) is 4. The van der Waals surface area contributed by atoms with E-state index in [0.29, 0.717) is 38.2 Å². The van der Waals surface area contributed by atoms with E-state index >= 15 is 0 Å². The van der Waals surface area contributed by atoms with Crippen molar-refractivity contribution in [3.63, 3.8) is 0 Å².